The highest BCUT2D eigenvalue weighted by Crippen LogP contribution is 2.27. The molecule has 0 spiro atoms. The lowest BCUT2D eigenvalue weighted by atomic mass is 10.1. The summed E-state index contributed by atoms with van der Waals surface area (Å²) in [5, 5.41) is 5.07. The number of amides is 3. The van der Waals surface area contributed by atoms with Crippen LogP contribution in [-0.4, -0.2) is 27.6 Å². The number of anilines is 1. The van der Waals surface area contributed by atoms with Crippen LogP contribution in [-0.2, 0) is 6.54 Å². The number of thiazole rings is 1. The van der Waals surface area contributed by atoms with E-state index < -0.39 is 17.7 Å². The molecule has 0 bridgehead atoms. The maximum Gasteiger partial charge on any atom is 0.261 e. The topological polar surface area (TPSA) is 92.5 Å². The monoisotopic (exact) mass is 429 g/mol. The zero-order valence-corrected chi connectivity index (χ0v) is 16.9. The molecular weight excluding hydrogens is 414 g/mol. The maximum absolute atomic E-state index is 12.7. The molecule has 0 saturated heterocycles. The second kappa shape index (κ2) is 7.66. The number of benzene rings is 2. The highest BCUT2D eigenvalue weighted by atomic mass is 32.1. The molecule has 4 aromatic rings. The SMILES string of the molecule is O=C(Nc1nc(-c2ccccc2)cs1)c1ccc2c(c1)C(=O)N(Cc1ccco1)C2=O. The van der Waals surface area contributed by atoms with E-state index in [2.05, 4.69) is 10.3 Å². The number of fused-ring (bicyclic) bond motifs is 1. The number of hydrogen-bond acceptors (Lipinski definition) is 6. The number of imide groups is 1. The molecular formula is C23H15N3O4S. The largest absolute Gasteiger partial charge is 0.467 e. The van der Waals surface area contributed by atoms with Crippen molar-refractivity contribution in [3.63, 3.8) is 0 Å². The number of aromatic nitrogens is 1. The van der Waals surface area contributed by atoms with Crippen LogP contribution in [0.4, 0.5) is 5.13 Å². The minimum atomic E-state index is -0.452. The Morgan fingerprint density at radius 2 is 1.81 bits per heavy atom. The molecule has 0 unspecified atom stereocenters. The van der Waals surface area contributed by atoms with E-state index in [1.54, 1.807) is 12.1 Å². The van der Waals surface area contributed by atoms with Crippen LogP contribution in [0.5, 0.6) is 0 Å². The van der Waals surface area contributed by atoms with Crippen molar-refractivity contribution >= 4 is 34.2 Å². The highest BCUT2D eigenvalue weighted by Gasteiger charge is 2.36. The quantitative estimate of drug-likeness (QED) is 0.473. The minimum absolute atomic E-state index is 0.0439. The lowest BCUT2D eigenvalue weighted by Crippen LogP contribution is -2.28. The van der Waals surface area contributed by atoms with E-state index in [0.717, 1.165) is 16.2 Å². The average molecular weight is 429 g/mol. The zero-order chi connectivity index (χ0) is 21.4. The standard InChI is InChI=1S/C23H15N3O4S/c27-20(25-23-24-19(13-31-23)14-5-2-1-3-6-14)15-8-9-17-18(11-15)22(29)26(21(17)28)12-16-7-4-10-30-16/h1-11,13H,12H2,(H,24,25,27). The summed E-state index contributed by atoms with van der Waals surface area (Å²) in [4.78, 5) is 43.6. The molecule has 0 aliphatic carbocycles. The number of rotatable bonds is 5. The lowest BCUT2D eigenvalue weighted by Gasteiger charge is -2.11. The fourth-order valence-corrected chi connectivity index (χ4v) is 4.09. The number of nitrogens with one attached hydrogen (secondary N) is 1. The Balaban J connectivity index is 1.34. The van der Waals surface area contributed by atoms with Crippen LogP contribution in [0.3, 0.4) is 0 Å². The first-order chi connectivity index (χ1) is 15.1. The first-order valence-corrected chi connectivity index (χ1v) is 10.3. The Morgan fingerprint density at radius 3 is 2.58 bits per heavy atom. The highest BCUT2D eigenvalue weighted by molar-refractivity contribution is 7.14. The van der Waals surface area contributed by atoms with Crippen LogP contribution < -0.4 is 5.32 Å². The summed E-state index contributed by atoms with van der Waals surface area (Å²) >= 11 is 1.31. The van der Waals surface area contributed by atoms with Crippen molar-refractivity contribution in [2.24, 2.45) is 0 Å². The maximum atomic E-state index is 12.7. The Bertz CT molecular complexity index is 1300. The van der Waals surface area contributed by atoms with Crippen LogP contribution in [0.2, 0.25) is 0 Å². The van der Waals surface area contributed by atoms with E-state index in [9.17, 15) is 14.4 Å². The van der Waals surface area contributed by atoms with Gasteiger partial charge in [-0.15, -0.1) is 11.3 Å². The van der Waals surface area contributed by atoms with Gasteiger partial charge in [-0.25, -0.2) is 4.98 Å². The molecule has 1 aliphatic heterocycles. The molecule has 152 valence electrons. The molecule has 3 heterocycles. The van der Waals surface area contributed by atoms with Crippen LogP contribution in [0, 0.1) is 0 Å². The van der Waals surface area contributed by atoms with Crippen molar-refractivity contribution in [3.05, 3.63) is 94.8 Å². The second-order valence-corrected chi connectivity index (χ2v) is 7.75. The van der Waals surface area contributed by atoms with E-state index in [-0.39, 0.29) is 23.2 Å². The van der Waals surface area contributed by atoms with Gasteiger partial charge in [-0.2, -0.15) is 0 Å². The summed E-state index contributed by atoms with van der Waals surface area (Å²) in [5.74, 6) is -0.755. The van der Waals surface area contributed by atoms with E-state index in [4.69, 9.17) is 4.42 Å². The van der Waals surface area contributed by atoms with Crippen molar-refractivity contribution in [3.8, 4) is 11.3 Å². The lowest BCUT2D eigenvalue weighted by molar-refractivity contribution is 0.0631. The van der Waals surface area contributed by atoms with Crippen molar-refractivity contribution in [1.29, 1.82) is 0 Å². The molecule has 2 aromatic carbocycles. The molecule has 0 saturated carbocycles. The third kappa shape index (κ3) is 3.53. The molecule has 0 atom stereocenters. The van der Waals surface area contributed by atoms with Crippen LogP contribution >= 0.6 is 11.3 Å². The van der Waals surface area contributed by atoms with Crippen molar-refractivity contribution < 1.29 is 18.8 Å². The number of furan rings is 1. The van der Waals surface area contributed by atoms with E-state index in [1.807, 2.05) is 35.7 Å². The minimum Gasteiger partial charge on any atom is -0.467 e. The predicted molar refractivity (Wildman–Crippen MR) is 115 cm³/mol. The summed E-state index contributed by atoms with van der Waals surface area (Å²) in [6.07, 6.45) is 1.48. The number of nitrogens with zero attached hydrogens (tertiary/aromatic N) is 2. The van der Waals surface area contributed by atoms with Crippen molar-refractivity contribution in [1.82, 2.24) is 9.88 Å². The Labute approximate surface area is 181 Å². The molecule has 8 heteroatoms. The van der Waals surface area contributed by atoms with Gasteiger partial charge in [-0.05, 0) is 30.3 Å². The molecule has 31 heavy (non-hydrogen) atoms. The molecule has 0 radical (unpaired) electrons. The Kier molecular flexibility index (Phi) is 4.68. The third-order valence-electron chi connectivity index (χ3n) is 4.92. The van der Waals surface area contributed by atoms with Crippen molar-refractivity contribution in [2.45, 2.75) is 6.54 Å². The molecule has 3 amide bonds. The molecule has 5 rings (SSSR count). The van der Waals surface area contributed by atoms with E-state index in [0.29, 0.717) is 10.9 Å². The fraction of sp³-hybridized carbons (Fsp3) is 0.0435. The number of carbonyl (C=O) groups excluding carboxylic acids is 3. The predicted octanol–water partition coefficient (Wildman–Crippen LogP) is 4.45. The van der Waals surface area contributed by atoms with Crippen molar-refractivity contribution in [2.75, 3.05) is 5.32 Å². The molecule has 1 N–H and O–H groups in total. The number of carbonyl (C=O) groups is 3. The van der Waals surface area contributed by atoms with Gasteiger partial charge in [0.1, 0.15) is 5.76 Å². The molecule has 1 aliphatic rings. The van der Waals surface area contributed by atoms with Crippen LogP contribution in [0.15, 0.2) is 76.7 Å². The van der Waals surface area contributed by atoms with Gasteiger partial charge in [0.25, 0.3) is 17.7 Å². The van der Waals surface area contributed by atoms with Gasteiger partial charge in [-0.1, -0.05) is 30.3 Å². The fourth-order valence-electron chi connectivity index (χ4n) is 3.38. The summed E-state index contributed by atoms with van der Waals surface area (Å²) in [5.41, 5.74) is 2.47. The second-order valence-electron chi connectivity index (χ2n) is 6.89. The van der Waals surface area contributed by atoms with Gasteiger partial charge in [0.15, 0.2) is 5.13 Å². The van der Waals surface area contributed by atoms with Crippen LogP contribution in [0.25, 0.3) is 11.3 Å². The average Bonchev–Trinajstić information content (AvgIpc) is 3.53. The Hall–Kier alpha value is -4.04. The first kappa shape index (κ1) is 19.0. The normalized spacial score (nSPS) is 12.8. The Morgan fingerprint density at radius 1 is 1.00 bits per heavy atom. The summed E-state index contributed by atoms with van der Waals surface area (Å²) < 4.78 is 5.24. The van der Waals surface area contributed by atoms with E-state index in [1.165, 1.54) is 35.8 Å². The number of hydrogen-bond donors (Lipinski definition) is 1. The van der Waals surface area contributed by atoms with Gasteiger partial charge < -0.3 is 4.42 Å². The first-order valence-electron chi connectivity index (χ1n) is 9.45. The van der Waals surface area contributed by atoms with E-state index >= 15 is 0 Å². The van der Waals surface area contributed by atoms with Gasteiger partial charge in [0, 0.05) is 16.5 Å². The molecule has 7 nitrogen and oxygen atoms in total. The summed E-state index contributed by atoms with van der Waals surface area (Å²) in [6, 6.07) is 17.5. The summed E-state index contributed by atoms with van der Waals surface area (Å²) in [6.45, 7) is 0.0439. The molecule has 0 fully saturated rings. The van der Waals surface area contributed by atoms with Gasteiger partial charge in [0.05, 0.1) is 29.6 Å². The molecule has 2 aromatic heterocycles. The smallest absolute Gasteiger partial charge is 0.261 e. The third-order valence-corrected chi connectivity index (χ3v) is 5.68. The van der Waals surface area contributed by atoms with Gasteiger partial charge >= 0.3 is 0 Å². The van der Waals surface area contributed by atoms with Gasteiger partial charge in [-0.3, -0.25) is 24.6 Å². The zero-order valence-electron chi connectivity index (χ0n) is 16.1. The van der Waals surface area contributed by atoms with Gasteiger partial charge in [0.2, 0.25) is 0 Å². The van der Waals surface area contributed by atoms with Crippen LogP contribution in [0.1, 0.15) is 36.8 Å². The summed E-state index contributed by atoms with van der Waals surface area (Å²) in [7, 11) is 0.